The van der Waals surface area contributed by atoms with Gasteiger partial charge in [-0.3, -0.25) is 0 Å². The number of hydrogen-bond donors (Lipinski definition) is 1. The van der Waals surface area contributed by atoms with Gasteiger partial charge in [0.15, 0.2) is 0 Å². The summed E-state index contributed by atoms with van der Waals surface area (Å²) in [6, 6.07) is 1.96. The van der Waals surface area contributed by atoms with E-state index in [4.69, 9.17) is 9.15 Å². The first kappa shape index (κ1) is 15.9. The number of hydrogen-bond acceptors (Lipinski definition) is 4. The van der Waals surface area contributed by atoms with E-state index in [1.807, 2.05) is 26.8 Å². The maximum Gasteiger partial charge on any atom is 0.410 e. The highest BCUT2D eigenvalue weighted by Crippen LogP contribution is 2.23. The molecule has 1 amide bonds. The Kier molecular flexibility index (Phi) is 4.61. The lowest BCUT2D eigenvalue weighted by Crippen LogP contribution is -2.53. The lowest BCUT2D eigenvalue weighted by atomic mass is 9.89. The molecule has 1 aromatic heterocycles. The summed E-state index contributed by atoms with van der Waals surface area (Å²) in [7, 11) is 0. The average Bonchev–Trinajstić information content (AvgIpc) is 2.88. The number of furan rings is 1. The van der Waals surface area contributed by atoms with Crippen LogP contribution in [0.5, 0.6) is 0 Å². The third-order valence-electron chi connectivity index (χ3n) is 3.82. The average molecular weight is 294 g/mol. The standard InChI is InChI=1S/C16H26N2O3/c1-15(2,3)21-14(19)18-8-6-16(4,7-9-18)17-11-13-5-10-20-12-13/h5,10,12,17H,6-9,11H2,1-4H3. The van der Waals surface area contributed by atoms with Crippen LogP contribution < -0.4 is 5.32 Å². The molecule has 0 saturated carbocycles. The minimum Gasteiger partial charge on any atom is -0.472 e. The van der Waals surface area contributed by atoms with Crippen LogP contribution in [0.3, 0.4) is 0 Å². The van der Waals surface area contributed by atoms with Crippen LogP contribution >= 0.6 is 0 Å². The largest absolute Gasteiger partial charge is 0.472 e. The highest BCUT2D eigenvalue weighted by Gasteiger charge is 2.33. The van der Waals surface area contributed by atoms with E-state index >= 15 is 0 Å². The van der Waals surface area contributed by atoms with Crippen LogP contribution in [0.2, 0.25) is 0 Å². The highest BCUT2D eigenvalue weighted by molar-refractivity contribution is 5.68. The maximum atomic E-state index is 12.0. The van der Waals surface area contributed by atoms with Gasteiger partial charge in [0.1, 0.15) is 5.60 Å². The zero-order chi connectivity index (χ0) is 15.5. The van der Waals surface area contributed by atoms with Gasteiger partial charge in [-0.05, 0) is 46.6 Å². The van der Waals surface area contributed by atoms with Crippen molar-refractivity contribution >= 4 is 6.09 Å². The Labute approximate surface area is 126 Å². The third-order valence-corrected chi connectivity index (χ3v) is 3.82. The third kappa shape index (κ3) is 4.77. The number of carbonyl (C=O) groups is 1. The van der Waals surface area contributed by atoms with E-state index in [2.05, 4.69) is 12.2 Å². The van der Waals surface area contributed by atoms with Gasteiger partial charge < -0.3 is 19.4 Å². The van der Waals surface area contributed by atoms with Crippen molar-refractivity contribution in [3.8, 4) is 0 Å². The second-order valence-electron chi connectivity index (χ2n) is 7.01. The first-order valence-corrected chi connectivity index (χ1v) is 7.51. The van der Waals surface area contributed by atoms with Crippen LogP contribution in [-0.2, 0) is 11.3 Å². The molecular formula is C16H26N2O3. The minimum atomic E-state index is -0.433. The summed E-state index contributed by atoms with van der Waals surface area (Å²) in [5.41, 5.74) is 0.762. The molecule has 1 saturated heterocycles. The molecule has 0 radical (unpaired) electrons. The lowest BCUT2D eigenvalue weighted by molar-refractivity contribution is 0.0157. The zero-order valence-corrected chi connectivity index (χ0v) is 13.4. The molecule has 5 heteroatoms. The molecule has 0 aromatic carbocycles. The molecule has 0 bridgehead atoms. The van der Waals surface area contributed by atoms with Crippen molar-refractivity contribution in [1.82, 2.24) is 10.2 Å². The molecule has 1 aliphatic rings. The van der Waals surface area contributed by atoms with Crippen molar-refractivity contribution in [1.29, 1.82) is 0 Å². The lowest BCUT2D eigenvalue weighted by Gasteiger charge is -2.40. The molecule has 0 unspecified atom stereocenters. The van der Waals surface area contributed by atoms with Gasteiger partial charge >= 0.3 is 6.09 Å². The predicted molar refractivity (Wildman–Crippen MR) is 81.0 cm³/mol. The smallest absolute Gasteiger partial charge is 0.410 e. The SMILES string of the molecule is CC1(NCc2ccoc2)CCN(C(=O)OC(C)(C)C)CC1. The second kappa shape index (κ2) is 6.10. The van der Waals surface area contributed by atoms with Gasteiger partial charge in [0.25, 0.3) is 0 Å². The van der Waals surface area contributed by atoms with Gasteiger partial charge in [0.2, 0.25) is 0 Å². The van der Waals surface area contributed by atoms with Crippen LogP contribution in [0.1, 0.15) is 46.1 Å². The predicted octanol–water partition coefficient (Wildman–Crippen LogP) is 3.16. The summed E-state index contributed by atoms with van der Waals surface area (Å²) in [5.74, 6) is 0. The molecule has 2 heterocycles. The van der Waals surface area contributed by atoms with Crippen molar-refractivity contribution in [2.75, 3.05) is 13.1 Å². The summed E-state index contributed by atoms with van der Waals surface area (Å²) >= 11 is 0. The topological polar surface area (TPSA) is 54.7 Å². The molecular weight excluding hydrogens is 268 g/mol. The number of amides is 1. The van der Waals surface area contributed by atoms with Gasteiger partial charge in [-0.15, -0.1) is 0 Å². The molecule has 1 aliphatic heterocycles. The molecule has 118 valence electrons. The Morgan fingerprint density at radius 3 is 2.62 bits per heavy atom. The number of carbonyl (C=O) groups excluding carboxylic acids is 1. The number of rotatable bonds is 3. The van der Waals surface area contributed by atoms with E-state index in [1.54, 1.807) is 17.4 Å². The summed E-state index contributed by atoms with van der Waals surface area (Å²) < 4.78 is 10.5. The number of nitrogens with zero attached hydrogens (tertiary/aromatic N) is 1. The van der Waals surface area contributed by atoms with E-state index in [-0.39, 0.29) is 11.6 Å². The van der Waals surface area contributed by atoms with Crippen molar-refractivity contribution in [3.63, 3.8) is 0 Å². The van der Waals surface area contributed by atoms with Crippen LogP contribution in [0.15, 0.2) is 23.0 Å². The van der Waals surface area contributed by atoms with Crippen LogP contribution in [0.4, 0.5) is 4.79 Å². The molecule has 2 rings (SSSR count). The van der Waals surface area contributed by atoms with Gasteiger partial charge in [-0.2, -0.15) is 0 Å². The van der Waals surface area contributed by atoms with E-state index < -0.39 is 5.60 Å². The zero-order valence-electron chi connectivity index (χ0n) is 13.4. The molecule has 1 aromatic rings. The number of likely N-dealkylation sites (tertiary alicyclic amines) is 1. The molecule has 1 N–H and O–H groups in total. The summed E-state index contributed by atoms with van der Waals surface area (Å²) in [6.07, 6.45) is 5.07. The quantitative estimate of drug-likeness (QED) is 0.930. The Balaban J connectivity index is 1.80. The fourth-order valence-electron chi connectivity index (χ4n) is 2.39. The van der Waals surface area contributed by atoms with Gasteiger partial charge in [0, 0.05) is 30.7 Å². The summed E-state index contributed by atoms with van der Waals surface area (Å²) in [4.78, 5) is 13.8. The maximum absolute atomic E-state index is 12.0. The molecule has 0 atom stereocenters. The highest BCUT2D eigenvalue weighted by atomic mass is 16.6. The van der Waals surface area contributed by atoms with Crippen LogP contribution in [0.25, 0.3) is 0 Å². The van der Waals surface area contributed by atoms with Crippen LogP contribution in [0, 0.1) is 0 Å². The molecule has 21 heavy (non-hydrogen) atoms. The van der Waals surface area contributed by atoms with Crippen molar-refractivity contribution in [2.24, 2.45) is 0 Å². The Morgan fingerprint density at radius 2 is 2.10 bits per heavy atom. The fourth-order valence-corrected chi connectivity index (χ4v) is 2.39. The van der Waals surface area contributed by atoms with E-state index in [9.17, 15) is 4.79 Å². The van der Waals surface area contributed by atoms with Gasteiger partial charge in [0.05, 0.1) is 12.5 Å². The molecule has 0 spiro atoms. The van der Waals surface area contributed by atoms with E-state index in [0.717, 1.165) is 38.0 Å². The van der Waals surface area contributed by atoms with Gasteiger partial charge in [-0.1, -0.05) is 0 Å². The van der Waals surface area contributed by atoms with E-state index in [0.29, 0.717) is 0 Å². The summed E-state index contributed by atoms with van der Waals surface area (Å²) in [6.45, 7) is 10.1. The minimum absolute atomic E-state index is 0.0514. The number of piperidine rings is 1. The van der Waals surface area contributed by atoms with Crippen molar-refractivity contribution in [2.45, 2.75) is 58.2 Å². The van der Waals surface area contributed by atoms with Crippen molar-refractivity contribution in [3.05, 3.63) is 24.2 Å². The number of ether oxygens (including phenoxy) is 1. The first-order valence-electron chi connectivity index (χ1n) is 7.51. The van der Waals surface area contributed by atoms with E-state index in [1.165, 1.54) is 0 Å². The normalized spacial score (nSPS) is 18.6. The van der Waals surface area contributed by atoms with Gasteiger partial charge in [-0.25, -0.2) is 4.79 Å². The molecule has 5 nitrogen and oxygen atoms in total. The number of nitrogens with one attached hydrogen (secondary N) is 1. The molecule has 1 fully saturated rings. The monoisotopic (exact) mass is 294 g/mol. The summed E-state index contributed by atoms with van der Waals surface area (Å²) in [5, 5.41) is 3.57. The first-order chi connectivity index (χ1) is 9.77. The van der Waals surface area contributed by atoms with Crippen LogP contribution in [-0.4, -0.2) is 35.2 Å². The van der Waals surface area contributed by atoms with Crippen molar-refractivity contribution < 1.29 is 13.9 Å². The Morgan fingerprint density at radius 1 is 1.43 bits per heavy atom. The fraction of sp³-hybridized carbons (Fsp3) is 0.688. The Hall–Kier alpha value is -1.49. The Bertz CT molecular complexity index is 454. The second-order valence-corrected chi connectivity index (χ2v) is 7.01. The molecule has 0 aliphatic carbocycles.